The molecular formula is C13H17NO3S2. The van der Waals surface area contributed by atoms with Crippen molar-refractivity contribution in [2.24, 2.45) is 5.92 Å². The van der Waals surface area contributed by atoms with E-state index >= 15 is 0 Å². The van der Waals surface area contributed by atoms with Crippen LogP contribution < -0.4 is 4.72 Å². The van der Waals surface area contributed by atoms with Gasteiger partial charge in [0.25, 0.3) is 0 Å². The number of nitrogens with one attached hydrogen (secondary N) is 1. The molecule has 1 fully saturated rings. The van der Waals surface area contributed by atoms with E-state index in [0.717, 1.165) is 17.9 Å². The van der Waals surface area contributed by atoms with Crippen LogP contribution in [0.15, 0.2) is 29.2 Å². The van der Waals surface area contributed by atoms with Gasteiger partial charge in [0.15, 0.2) is 5.78 Å². The summed E-state index contributed by atoms with van der Waals surface area (Å²) in [6.07, 6.45) is 1.06. The second-order valence-corrected chi connectivity index (χ2v) is 7.58. The van der Waals surface area contributed by atoms with Crippen LogP contribution in [0.1, 0.15) is 23.7 Å². The van der Waals surface area contributed by atoms with Crippen LogP contribution in [0.3, 0.4) is 0 Å². The minimum Gasteiger partial charge on any atom is -0.295 e. The molecule has 0 radical (unpaired) electrons. The van der Waals surface area contributed by atoms with Crippen molar-refractivity contribution in [1.82, 2.24) is 4.72 Å². The van der Waals surface area contributed by atoms with Gasteiger partial charge in [-0.05, 0) is 42.9 Å². The maximum Gasteiger partial charge on any atom is 0.240 e. The summed E-state index contributed by atoms with van der Waals surface area (Å²) in [7, 11) is -3.52. The Balaban J connectivity index is 2.09. The minimum absolute atomic E-state index is 0.135. The van der Waals surface area contributed by atoms with Gasteiger partial charge in [0, 0.05) is 12.1 Å². The number of hydrogen-bond acceptors (Lipinski definition) is 4. The zero-order valence-corrected chi connectivity index (χ0v) is 12.4. The highest BCUT2D eigenvalue weighted by atomic mass is 32.2. The van der Waals surface area contributed by atoms with E-state index in [4.69, 9.17) is 0 Å². The number of rotatable bonds is 5. The van der Waals surface area contributed by atoms with Gasteiger partial charge in [0.2, 0.25) is 10.0 Å². The van der Waals surface area contributed by atoms with Crippen LogP contribution in [0.25, 0.3) is 0 Å². The van der Waals surface area contributed by atoms with Gasteiger partial charge >= 0.3 is 0 Å². The molecule has 19 heavy (non-hydrogen) atoms. The van der Waals surface area contributed by atoms with Gasteiger partial charge in [-0.25, -0.2) is 13.1 Å². The third-order valence-corrected chi connectivity index (χ3v) is 5.79. The molecule has 0 aromatic heterocycles. The van der Waals surface area contributed by atoms with Crippen molar-refractivity contribution < 1.29 is 13.2 Å². The van der Waals surface area contributed by atoms with E-state index in [2.05, 4.69) is 4.72 Å². The van der Waals surface area contributed by atoms with Crippen LogP contribution in [0, 0.1) is 5.92 Å². The van der Waals surface area contributed by atoms with E-state index in [1.807, 2.05) is 11.8 Å². The van der Waals surface area contributed by atoms with Gasteiger partial charge in [0.05, 0.1) is 4.90 Å². The number of sulfonamides is 1. The molecule has 1 heterocycles. The van der Waals surface area contributed by atoms with E-state index < -0.39 is 10.0 Å². The van der Waals surface area contributed by atoms with Gasteiger partial charge in [-0.15, -0.1) is 0 Å². The number of Topliss-reactive ketones (excluding diaryl/α,β-unsaturated/α-hetero) is 1. The second kappa shape index (κ2) is 6.07. The fraction of sp³-hybridized carbons (Fsp3) is 0.462. The fourth-order valence-electron chi connectivity index (χ4n) is 1.94. The summed E-state index contributed by atoms with van der Waals surface area (Å²) < 4.78 is 26.9. The molecule has 0 bridgehead atoms. The van der Waals surface area contributed by atoms with E-state index in [1.54, 1.807) is 12.1 Å². The Bertz CT molecular complexity index is 563. The SMILES string of the molecule is CC(=O)c1cccc(S(=O)(=O)NCC2CCSC2)c1. The highest BCUT2D eigenvalue weighted by molar-refractivity contribution is 7.99. The third kappa shape index (κ3) is 3.81. The molecule has 1 aromatic rings. The van der Waals surface area contributed by atoms with Crippen LogP contribution in [0.5, 0.6) is 0 Å². The Morgan fingerprint density at radius 2 is 2.26 bits per heavy atom. The molecule has 1 N–H and O–H groups in total. The van der Waals surface area contributed by atoms with Crippen LogP contribution in [0.4, 0.5) is 0 Å². The molecule has 0 spiro atoms. The summed E-state index contributed by atoms with van der Waals surface area (Å²) in [5, 5.41) is 0. The molecular weight excluding hydrogens is 282 g/mol. The van der Waals surface area contributed by atoms with Crippen molar-refractivity contribution in [3.63, 3.8) is 0 Å². The summed E-state index contributed by atoms with van der Waals surface area (Å²) in [6.45, 7) is 1.90. The van der Waals surface area contributed by atoms with Crippen molar-refractivity contribution in [2.45, 2.75) is 18.2 Å². The highest BCUT2D eigenvalue weighted by Crippen LogP contribution is 2.23. The van der Waals surface area contributed by atoms with Crippen LogP contribution in [-0.4, -0.2) is 32.3 Å². The van der Waals surface area contributed by atoms with Gasteiger partial charge in [0.1, 0.15) is 0 Å². The lowest BCUT2D eigenvalue weighted by molar-refractivity contribution is 0.101. The molecule has 1 aromatic carbocycles. The monoisotopic (exact) mass is 299 g/mol. The lowest BCUT2D eigenvalue weighted by Gasteiger charge is -2.11. The van der Waals surface area contributed by atoms with Crippen LogP contribution in [0.2, 0.25) is 0 Å². The standard InChI is InChI=1S/C13H17NO3S2/c1-10(15)12-3-2-4-13(7-12)19(16,17)14-8-11-5-6-18-9-11/h2-4,7,11,14H,5-6,8-9H2,1H3. The molecule has 104 valence electrons. The van der Waals surface area contributed by atoms with Gasteiger partial charge in [-0.1, -0.05) is 12.1 Å². The molecule has 1 aliphatic heterocycles. The Morgan fingerprint density at radius 3 is 2.89 bits per heavy atom. The first-order valence-corrected chi connectivity index (χ1v) is 8.81. The summed E-state index contributed by atoms with van der Waals surface area (Å²) >= 11 is 1.86. The Morgan fingerprint density at radius 1 is 1.47 bits per heavy atom. The Labute approximate surface area is 118 Å². The quantitative estimate of drug-likeness (QED) is 0.844. The topological polar surface area (TPSA) is 63.2 Å². The molecule has 0 saturated carbocycles. The molecule has 0 amide bonds. The van der Waals surface area contributed by atoms with Gasteiger partial charge < -0.3 is 0 Å². The third-order valence-electron chi connectivity index (χ3n) is 3.14. The number of carbonyl (C=O) groups excluding carboxylic acids is 1. The van der Waals surface area contributed by atoms with Crippen LogP contribution in [-0.2, 0) is 10.0 Å². The minimum atomic E-state index is -3.52. The maximum absolute atomic E-state index is 12.1. The molecule has 1 saturated heterocycles. The smallest absolute Gasteiger partial charge is 0.240 e. The Hall–Kier alpha value is -0.850. The lowest BCUT2D eigenvalue weighted by Crippen LogP contribution is -2.29. The van der Waals surface area contributed by atoms with E-state index in [0.29, 0.717) is 18.0 Å². The van der Waals surface area contributed by atoms with E-state index in [-0.39, 0.29) is 10.7 Å². The predicted octanol–water partition coefficient (Wildman–Crippen LogP) is 1.92. The molecule has 0 aliphatic carbocycles. The van der Waals surface area contributed by atoms with Gasteiger partial charge in [-0.3, -0.25) is 4.79 Å². The van der Waals surface area contributed by atoms with Crippen LogP contribution >= 0.6 is 11.8 Å². The number of carbonyl (C=O) groups is 1. The lowest BCUT2D eigenvalue weighted by atomic mass is 10.1. The predicted molar refractivity (Wildman–Crippen MR) is 77.1 cm³/mol. The Kier molecular flexibility index (Phi) is 4.65. The first-order valence-electron chi connectivity index (χ1n) is 6.17. The summed E-state index contributed by atoms with van der Waals surface area (Å²) in [4.78, 5) is 11.4. The number of hydrogen-bond donors (Lipinski definition) is 1. The second-order valence-electron chi connectivity index (χ2n) is 4.67. The molecule has 1 aliphatic rings. The number of benzene rings is 1. The first kappa shape index (κ1) is 14.6. The zero-order chi connectivity index (χ0) is 13.9. The number of thioether (sulfide) groups is 1. The van der Waals surface area contributed by atoms with E-state index in [1.165, 1.54) is 19.1 Å². The van der Waals surface area contributed by atoms with Crippen molar-refractivity contribution in [2.75, 3.05) is 18.1 Å². The summed E-state index contributed by atoms with van der Waals surface area (Å²) in [5.74, 6) is 2.39. The largest absolute Gasteiger partial charge is 0.295 e. The first-order chi connectivity index (χ1) is 8.99. The molecule has 4 nitrogen and oxygen atoms in total. The molecule has 2 rings (SSSR count). The normalized spacial score (nSPS) is 19.5. The molecule has 1 atom stereocenters. The van der Waals surface area contributed by atoms with Crippen molar-refractivity contribution in [3.8, 4) is 0 Å². The average molecular weight is 299 g/mol. The average Bonchev–Trinajstić information content (AvgIpc) is 2.90. The summed E-state index contributed by atoms with van der Waals surface area (Å²) in [5.41, 5.74) is 0.416. The maximum atomic E-state index is 12.1. The van der Waals surface area contributed by atoms with Crippen molar-refractivity contribution in [1.29, 1.82) is 0 Å². The summed E-state index contributed by atoms with van der Waals surface area (Å²) in [6, 6.07) is 6.15. The number of ketones is 1. The highest BCUT2D eigenvalue weighted by Gasteiger charge is 2.20. The van der Waals surface area contributed by atoms with E-state index in [9.17, 15) is 13.2 Å². The fourth-order valence-corrected chi connectivity index (χ4v) is 4.38. The zero-order valence-electron chi connectivity index (χ0n) is 10.8. The molecule has 6 heteroatoms. The van der Waals surface area contributed by atoms with Crippen molar-refractivity contribution >= 4 is 27.6 Å². The van der Waals surface area contributed by atoms with Crippen molar-refractivity contribution in [3.05, 3.63) is 29.8 Å². The molecule has 1 unspecified atom stereocenters. The van der Waals surface area contributed by atoms with Gasteiger partial charge in [-0.2, -0.15) is 11.8 Å².